The van der Waals surface area contributed by atoms with E-state index in [9.17, 15) is 0 Å². The molecule has 1 aromatic heterocycles. The summed E-state index contributed by atoms with van der Waals surface area (Å²) in [6.45, 7) is 2.09. The minimum atomic E-state index is 0.853. The number of benzene rings is 3. The quantitative estimate of drug-likeness (QED) is 0.376. The van der Waals surface area contributed by atoms with Gasteiger partial charge in [0.1, 0.15) is 17.1 Å². The number of furan rings is 1. The first kappa shape index (κ1) is 17.9. The second-order valence-electron chi connectivity index (χ2n) is 6.73. The summed E-state index contributed by atoms with van der Waals surface area (Å²) in [6, 6.07) is 24.6. The van der Waals surface area contributed by atoms with Crippen molar-refractivity contribution in [3.8, 4) is 5.75 Å². The second-order valence-corrected chi connectivity index (χ2v) is 6.73. The van der Waals surface area contributed by atoms with E-state index in [1.807, 2.05) is 48.5 Å². The molecule has 4 aromatic rings. The Bertz CT molecular complexity index is 1130. The van der Waals surface area contributed by atoms with Crippen LogP contribution >= 0.6 is 0 Å². The van der Waals surface area contributed by atoms with Gasteiger partial charge in [0, 0.05) is 10.9 Å². The lowest BCUT2D eigenvalue weighted by atomic mass is 10.1. The van der Waals surface area contributed by atoms with Crippen LogP contribution in [0.3, 0.4) is 0 Å². The molecule has 138 valence electrons. The molecule has 0 atom stereocenters. The molecular weight excluding hydrogens is 344 g/mol. The lowest BCUT2D eigenvalue weighted by molar-refractivity contribution is 0.415. The first-order valence-electron chi connectivity index (χ1n) is 9.31. The zero-order valence-electron chi connectivity index (χ0n) is 16.1. The molecule has 4 rings (SSSR count). The minimum absolute atomic E-state index is 0.853. The maximum absolute atomic E-state index is 6.11. The van der Waals surface area contributed by atoms with Gasteiger partial charge in [-0.1, -0.05) is 72.3 Å². The molecule has 0 unspecified atom stereocenters. The van der Waals surface area contributed by atoms with Gasteiger partial charge in [-0.25, -0.2) is 0 Å². The monoisotopic (exact) mass is 366 g/mol. The van der Waals surface area contributed by atoms with Crippen LogP contribution in [0, 0.1) is 6.92 Å². The average molecular weight is 366 g/mol. The normalized spacial score (nSPS) is 11.6. The van der Waals surface area contributed by atoms with Gasteiger partial charge in [-0.3, -0.25) is 0 Å². The number of fused-ring (bicyclic) bond motifs is 1. The van der Waals surface area contributed by atoms with Gasteiger partial charge in [-0.05, 0) is 48.4 Å². The minimum Gasteiger partial charge on any atom is -0.497 e. The van der Waals surface area contributed by atoms with Crippen molar-refractivity contribution in [2.24, 2.45) is 0 Å². The molecule has 0 saturated heterocycles. The Morgan fingerprint density at radius 2 is 1.36 bits per heavy atom. The SMILES string of the molecule is COc1ccc(/C=C/c2c(/C=C/c3ccc(C)cc3)oc3ccccc23)cc1. The van der Waals surface area contributed by atoms with Crippen molar-refractivity contribution in [2.45, 2.75) is 6.92 Å². The van der Waals surface area contributed by atoms with Crippen LogP contribution < -0.4 is 4.74 Å². The highest BCUT2D eigenvalue weighted by atomic mass is 16.5. The molecule has 0 bridgehead atoms. The molecule has 0 aliphatic rings. The van der Waals surface area contributed by atoms with E-state index in [1.165, 1.54) is 5.56 Å². The van der Waals surface area contributed by atoms with Crippen molar-refractivity contribution in [3.05, 3.63) is 101 Å². The Morgan fingerprint density at radius 3 is 2.07 bits per heavy atom. The molecule has 0 fully saturated rings. The number of hydrogen-bond donors (Lipinski definition) is 0. The van der Waals surface area contributed by atoms with Crippen LogP contribution in [0.25, 0.3) is 35.3 Å². The van der Waals surface area contributed by atoms with E-state index >= 15 is 0 Å². The van der Waals surface area contributed by atoms with E-state index < -0.39 is 0 Å². The van der Waals surface area contributed by atoms with Crippen LogP contribution in [0.4, 0.5) is 0 Å². The molecule has 0 saturated carbocycles. The van der Waals surface area contributed by atoms with Crippen molar-refractivity contribution < 1.29 is 9.15 Å². The second kappa shape index (κ2) is 8.01. The predicted molar refractivity (Wildman–Crippen MR) is 118 cm³/mol. The van der Waals surface area contributed by atoms with E-state index in [-0.39, 0.29) is 0 Å². The smallest absolute Gasteiger partial charge is 0.135 e. The fourth-order valence-electron chi connectivity index (χ4n) is 3.12. The standard InChI is InChI=1S/C26H22O2/c1-19-7-9-20(10-8-19)14-18-26-24(23-5-3-4-6-25(23)28-26)17-13-21-11-15-22(27-2)16-12-21/h3-18H,1-2H3/b17-13+,18-14+. The number of hydrogen-bond acceptors (Lipinski definition) is 2. The Hall–Kier alpha value is -3.52. The molecule has 0 aliphatic heterocycles. The molecule has 2 nitrogen and oxygen atoms in total. The Balaban J connectivity index is 1.70. The summed E-state index contributed by atoms with van der Waals surface area (Å²) in [4.78, 5) is 0. The Kier molecular flexibility index (Phi) is 5.11. The van der Waals surface area contributed by atoms with Gasteiger partial charge >= 0.3 is 0 Å². The molecule has 0 N–H and O–H groups in total. The van der Waals surface area contributed by atoms with E-state index in [0.29, 0.717) is 0 Å². The topological polar surface area (TPSA) is 22.4 Å². The summed E-state index contributed by atoms with van der Waals surface area (Å²) < 4.78 is 11.3. The predicted octanol–water partition coefficient (Wildman–Crippen LogP) is 7.09. The fraction of sp³-hybridized carbons (Fsp3) is 0.0769. The van der Waals surface area contributed by atoms with E-state index in [2.05, 4.69) is 55.5 Å². The van der Waals surface area contributed by atoms with Crippen LogP contribution in [0.1, 0.15) is 28.0 Å². The van der Waals surface area contributed by atoms with E-state index in [4.69, 9.17) is 9.15 Å². The van der Waals surface area contributed by atoms with Crippen LogP contribution in [0.2, 0.25) is 0 Å². The molecule has 1 heterocycles. The van der Waals surface area contributed by atoms with Gasteiger partial charge in [-0.2, -0.15) is 0 Å². The maximum Gasteiger partial charge on any atom is 0.135 e. The summed E-state index contributed by atoms with van der Waals surface area (Å²) in [7, 11) is 1.68. The van der Waals surface area contributed by atoms with Gasteiger partial charge in [0.05, 0.1) is 7.11 Å². The van der Waals surface area contributed by atoms with Gasteiger partial charge < -0.3 is 9.15 Å². The fourth-order valence-corrected chi connectivity index (χ4v) is 3.12. The van der Waals surface area contributed by atoms with Crippen molar-refractivity contribution in [2.75, 3.05) is 7.11 Å². The van der Waals surface area contributed by atoms with Gasteiger partial charge in [0.25, 0.3) is 0 Å². The summed E-state index contributed by atoms with van der Waals surface area (Å²) in [5.41, 5.74) is 5.48. The molecule has 2 heteroatoms. The largest absolute Gasteiger partial charge is 0.497 e. The van der Waals surface area contributed by atoms with E-state index in [1.54, 1.807) is 7.11 Å². The number of aryl methyl sites for hydroxylation is 1. The van der Waals surface area contributed by atoms with Crippen LogP contribution in [0.15, 0.2) is 77.2 Å². The maximum atomic E-state index is 6.11. The van der Waals surface area contributed by atoms with Gasteiger partial charge in [0.2, 0.25) is 0 Å². The molecule has 0 radical (unpaired) electrons. The van der Waals surface area contributed by atoms with Gasteiger partial charge in [-0.15, -0.1) is 0 Å². The van der Waals surface area contributed by atoms with Crippen LogP contribution in [-0.2, 0) is 0 Å². The summed E-state index contributed by atoms with van der Waals surface area (Å²) in [5.74, 6) is 1.71. The molecule has 28 heavy (non-hydrogen) atoms. The lowest BCUT2D eigenvalue weighted by Crippen LogP contribution is -1.81. The zero-order valence-corrected chi connectivity index (χ0v) is 16.1. The third-order valence-electron chi connectivity index (χ3n) is 4.73. The highest BCUT2D eigenvalue weighted by Gasteiger charge is 2.09. The number of para-hydroxylation sites is 1. The summed E-state index contributed by atoms with van der Waals surface area (Å²) in [5, 5.41) is 1.11. The number of rotatable bonds is 5. The lowest BCUT2D eigenvalue weighted by Gasteiger charge is -1.99. The van der Waals surface area contributed by atoms with Crippen LogP contribution in [-0.4, -0.2) is 7.11 Å². The van der Waals surface area contributed by atoms with E-state index in [0.717, 1.165) is 39.2 Å². The molecule has 0 spiro atoms. The first-order chi connectivity index (χ1) is 13.7. The van der Waals surface area contributed by atoms with Crippen molar-refractivity contribution in [1.29, 1.82) is 0 Å². The van der Waals surface area contributed by atoms with Crippen molar-refractivity contribution in [1.82, 2.24) is 0 Å². The summed E-state index contributed by atoms with van der Waals surface area (Å²) in [6.07, 6.45) is 8.34. The number of ether oxygens (including phenoxy) is 1. The average Bonchev–Trinajstić information content (AvgIpc) is 3.09. The molecule has 0 aliphatic carbocycles. The summed E-state index contributed by atoms with van der Waals surface area (Å²) >= 11 is 0. The molecular formula is C26H22O2. The molecule has 0 amide bonds. The Labute approximate surface area is 165 Å². The van der Waals surface area contributed by atoms with Gasteiger partial charge in [0.15, 0.2) is 0 Å². The third-order valence-corrected chi connectivity index (χ3v) is 4.73. The Morgan fingerprint density at radius 1 is 0.714 bits per heavy atom. The molecule has 3 aromatic carbocycles. The zero-order chi connectivity index (χ0) is 19.3. The highest BCUT2D eigenvalue weighted by molar-refractivity contribution is 5.94. The first-order valence-corrected chi connectivity index (χ1v) is 9.31. The van der Waals surface area contributed by atoms with Crippen LogP contribution in [0.5, 0.6) is 5.75 Å². The highest BCUT2D eigenvalue weighted by Crippen LogP contribution is 2.29. The third kappa shape index (κ3) is 3.91. The van der Waals surface area contributed by atoms with Crippen molar-refractivity contribution >= 4 is 35.3 Å². The van der Waals surface area contributed by atoms with Crippen molar-refractivity contribution in [3.63, 3.8) is 0 Å². The number of methoxy groups -OCH3 is 1.